The Labute approximate surface area is 93.2 Å². The van der Waals surface area contributed by atoms with Gasteiger partial charge in [-0.3, -0.25) is 4.79 Å². The summed E-state index contributed by atoms with van der Waals surface area (Å²) >= 11 is 0. The van der Waals surface area contributed by atoms with Crippen LogP contribution in [0.15, 0.2) is 0 Å². The minimum Gasteiger partial charge on any atom is -0.341 e. The molecule has 3 nitrogen and oxygen atoms in total. The molecule has 2 atom stereocenters. The molecule has 0 aromatic carbocycles. The van der Waals surface area contributed by atoms with Crippen LogP contribution in [0.2, 0.25) is 0 Å². The number of likely N-dealkylation sites (tertiary alicyclic amines) is 1. The second-order valence-corrected chi connectivity index (χ2v) is 5.02. The third kappa shape index (κ3) is 3.49. The number of amides is 1. The van der Waals surface area contributed by atoms with E-state index in [0.29, 0.717) is 23.8 Å². The zero-order chi connectivity index (χ0) is 11.4. The number of carbonyl (C=O) groups is 1. The van der Waals surface area contributed by atoms with Gasteiger partial charge in [-0.05, 0) is 18.4 Å². The molecule has 88 valence electrons. The molecular weight excluding hydrogens is 188 g/mol. The van der Waals surface area contributed by atoms with Crippen molar-refractivity contribution in [3.63, 3.8) is 0 Å². The SMILES string of the molecule is CCNC(CN1CC(C)CC1=O)C(C)C. The van der Waals surface area contributed by atoms with Crippen molar-refractivity contribution in [1.82, 2.24) is 10.2 Å². The van der Waals surface area contributed by atoms with Gasteiger partial charge < -0.3 is 10.2 Å². The molecule has 1 saturated heterocycles. The van der Waals surface area contributed by atoms with E-state index >= 15 is 0 Å². The summed E-state index contributed by atoms with van der Waals surface area (Å²) in [6, 6.07) is 0.434. The van der Waals surface area contributed by atoms with Crippen LogP contribution in [0.3, 0.4) is 0 Å². The molecule has 1 N–H and O–H groups in total. The van der Waals surface area contributed by atoms with Gasteiger partial charge in [0.15, 0.2) is 0 Å². The second-order valence-electron chi connectivity index (χ2n) is 5.02. The molecule has 0 aliphatic carbocycles. The minimum atomic E-state index is 0.325. The van der Waals surface area contributed by atoms with Crippen molar-refractivity contribution in [2.24, 2.45) is 11.8 Å². The van der Waals surface area contributed by atoms with Crippen LogP contribution < -0.4 is 5.32 Å². The lowest BCUT2D eigenvalue weighted by Crippen LogP contribution is -2.44. The third-order valence-corrected chi connectivity index (χ3v) is 3.10. The zero-order valence-corrected chi connectivity index (χ0v) is 10.4. The Hall–Kier alpha value is -0.570. The van der Waals surface area contributed by atoms with E-state index in [0.717, 1.165) is 26.1 Å². The number of carbonyl (C=O) groups excluding carboxylic acids is 1. The Morgan fingerprint density at radius 3 is 2.60 bits per heavy atom. The van der Waals surface area contributed by atoms with Gasteiger partial charge in [0.05, 0.1) is 0 Å². The molecule has 0 spiro atoms. The van der Waals surface area contributed by atoms with Crippen LogP contribution in [-0.4, -0.2) is 36.5 Å². The topological polar surface area (TPSA) is 32.3 Å². The van der Waals surface area contributed by atoms with E-state index in [-0.39, 0.29) is 0 Å². The number of likely N-dealkylation sites (N-methyl/N-ethyl adjacent to an activating group) is 1. The molecule has 0 aromatic heterocycles. The number of nitrogens with zero attached hydrogens (tertiary/aromatic N) is 1. The Kier molecular flexibility index (Phi) is 4.58. The predicted molar refractivity (Wildman–Crippen MR) is 62.7 cm³/mol. The molecule has 2 unspecified atom stereocenters. The monoisotopic (exact) mass is 212 g/mol. The highest BCUT2D eigenvalue weighted by molar-refractivity contribution is 5.78. The first-order chi connectivity index (χ1) is 7.04. The van der Waals surface area contributed by atoms with Gasteiger partial charge in [0.2, 0.25) is 5.91 Å². The average molecular weight is 212 g/mol. The normalized spacial score (nSPS) is 23.9. The van der Waals surface area contributed by atoms with E-state index < -0.39 is 0 Å². The summed E-state index contributed by atoms with van der Waals surface area (Å²) in [5, 5.41) is 3.45. The van der Waals surface area contributed by atoms with E-state index in [2.05, 4.69) is 33.0 Å². The molecule has 0 radical (unpaired) electrons. The van der Waals surface area contributed by atoms with Crippen LogP contribution in [0.25, 0.3) is 0 Å². The first-order valence-corrected chi connectivity index (χ1v) is 6.05. The molecule has 1 aliphatic rings. The molecule has 1 rings (SSSR count). The highest BCUT2D eigenvalue weighted by atomic mass is 16.2. The zero-order valence-electron chi connectivity index (χ0n) is 10.4. The number of rotatable bonds is 5. The number of nitrogens with one attached hydrogen (secondary N) is 1. The fourth-order valence-electron chi connectivity index (χ4n) is 2.16. The summed E-state index contributed by atoms with van der Waals surface area (Å²) < 4.78 is 0. The molecule has 1 fully saturated rings. The van der Waals surface area contributed by atoms with E-state index in [4.69, 9.17) is 0 Å². The molecule has 15 heavy (non-hydrogen) atoms. The van der Waals surface area contributed by atoms with Crippen molar-refractivity contribution < 1.29 is 4.79 Å². The van der Waals surface area contributed by atoms with E-state index in [1.54, 1.807) is 0 Å². The Bertz CT molecular complexity index is 216. The lowest BCUT2D eigenvalue weighted by Gasteiger charge is -2.27. The quantitative estimate of drug-likeness (QED) is 0.749. The molecule has 0 saturated carbocycles. The summed E-state index contributed by atoms with van der Waals surface area (Å²) in [5.41, 5.74) is 0. The minimum absolute atomic E-state index is 0.325. The maximum atomic E-state index is 11.6. The van der Waals surface area contributed by atoms with Crippen LogP contribution in [0, 0.1) is 11.8 Å². The van der Waals surface area contributed by atoms with Gasteiger partial charge in [-0.1, -0.05) is 27.7 Å². The van der Waals surface area contributed by atoms with E-state index in [9.17, 15) is 4.79 Å². The van der Waals surface area contributed by atoms with Crippen molar-refractivity contribution in [2.75, 3.05) is 19.6 Å². The van der Waals surface area contributed by atoms with E-state index in [1.807, 2.05) is 4.90 Å². The smallest absolute Gasteiger partial charge is 0.222 e. The van der Waals surface area contributed by atoms with Crippen LogP contribution in [-0.2, 0) is 4.79 Å². The van der Waals surface area contributed by atoms with Crippen LogP contribution >= 0.6 is 0 Å². The number of hydrogen-bond acceptors (Lipinski definition) is 2. The summed E-state index contributed by atoms with van der Waals surface area (Å²) in [6.45, 7) is 11.5. The van der Waals surface area contributed by atoms with Crippen molar-refractivity contribution in [3.05, 3.63) is 0 Å². The third-order valence-electron chi connectivity index (χ3n) is 3.10. The summed E-state index contributed by atoms with van der Waals surface area (Å²) in [7, 11) is 0. The van der Waals surface area contributed by atoms with Crippen LogP contribution in [0.1, 0.15) is 34.1 Å². The highest BCUT2D eigenvalue weighted by Gasteiger charge is 2.28. The molecule has 1 amide bonds. The van der Waals surface area contributed by atoms with Crippen LogP contribution in [0.4, 0.5) is 0 Å². The van der Waals surface area contributed by atoms with Gasteiger partial charge >= 0.3 is 0 Å². The van der Waals surface area contributed by atoms with E-state index in [1.165, 1.54) is 0 Å². The summed E-state index contributed by atoms with van der Waals surface area (Å²) in [6.07, 6.45) is 0.733. The molecule has 0 bridgehead atoms. The van der Waals surface area contributed by atoms with Crippen molar-refractivity contribution >= 4 is 5.91 Å². The van der Waals surface area contributed by atoms with Gasteiger partial charge in [-0.2, -0.15) is 0 Å². The van der Waals surface area contributed by atoms with Gasteiger partial charge in [-0.25, -0.2) is 0 Å². The lowest BCUT2D eigenvalue weighted by molar-refractivity contribution is -0.128. The molecule has 0 aromatic rings. The molecular formula is C12H24N2O. The van der Waals surface area contributed by atoms with Crippen molar-refractivity contribution in [3.8, 4) is 0 Å². The fraction of sp³-hybridized carbons (Fsp3) is 0.917. The van der Waals surface area contributed by atoms with Crippen LogP contribution in [0.5, 0.6) is 0 Å². The molecule has 3 heteroatoms. The highest BCUT2D eigenvalue weighted by Crippen LogP contribution is 2.18. The summed E-state index contributed by atoms with van der Waals surface area (Å²) in [5.74, 6) is 1.44. The first kappa shape index (κ1) is 12.5. The average Bonchev–Trinajstić information content (AvgIpc) is 2.44. The predicted octanol–water partition coefficient (Wildman–Crippen LogP) is 1.49. The second kappa shape index (κ2) is 5.50. The van der Waals surface area contributed by atoms with Gasteiger partial charge in [-0.15, -0.1) is 0 Å². The summed E-state index contributed by atoms with van der Waals surface area (Å²) in [4.78, 5) is 13.7. The Morgan fingerprint density at radius 2 is 2.20 bits per heavy atom. The Balaban J connectivity index is 2.47. The van der Waals surface area contributed by atoms with Crippen molar-refractivity contribution in [1.29, 1.82) is 0 Å². The van der Waals surface area contributed by atoms with Gasteiger partial charge in [0.1, 0.15) is 0 Å². The largest absolute Gasteiger partial charge is 0.341 e. The van der Waals surface area contributed by atoms with Gasteiger partial charge in [0, 0.05) is 25.6 Å². The first-order valence-electron chi connectivity index (χ1n) is 6.05. The number of hydrogen-bond donors (Lipinski definition) is 1. The standard InChI is InChI=1S/C12H24N2O/c1-5-13-11(9(2)3)8-14-7-10(4)6-12(14)15/h9-11,13H,5-8H2,1-4H3. The molecule has 1 aliphatic heterocycles. The van der Waals surface area contributed by atoms with Crippen molar-refractivity contribution in [2.45, 2.75) is 40.2 Å². The Morgan fingerprint density at radius 1 is 1.53 bits per heavy atom. The lowest BCUT2D eigenvalue weighted by atomic mass is 10.0. The fourth-order valence-corrected chi connectivity index (χ4v) is 2.16. The molecule has 1 heterocycles. The maximum absolute atomic E-state index is 11.6. The maximum Gasteiger partial charge on any atom is 0.222 e. The van der Waals surface area contributed by atoms with Gasteiger partial charge in [0.25, 0.3) is 0 Å².